The maximum atomic E-state index is 12.6. The molecule has 0 heterocycles. The van der Waals surface area contributed by atoms with Gasteiger partial charge in [-0.3, -0.25) is 9.59 Å². The molecule has 2 rings (SSSR count). The Morgan fingerprint density at radius 2 is 1.52 bits per heavy atom. The van der Waals surface area contributed by atoms with E-state index < -0.39 is 15.9 Å². The van der Waals surface area contributed by atoms with Gasteiger partial charge < -0.3 is 15.5 Å². The molecule has 0 radical (unpaired) electrons. The maximum Gasteiger partial charge on any atom is 0.243 e. The summed E-state index contributed by atoms with van der Waals surface area (Å²) < 4.78 is 26.3. The number of hydrogen-bond acceptors (Lipinski definition) is 5. The van der Waals surface area contributed by atoms with Gasteiger partial charge in [-0.25, -0.2) is 8.42 Å². The minimum Gasteiger partial charge on any atom is -0.378 e. The Balaban J connectivity index is 1.94. The van der Waals surface area contributed by atoms with Crippen molar-refractivity contribution < 1.29 is 18.0 Å². The van der Waals surface area contributed by atoms with Crippen molar-refractivity contribution in [2.75, 3.05) is 37.9 Å². The standard InChI is InChI=1S/C20H26N4O4S/c1-15(25)22-17-7-11-19(12-8-17)29(27,28)24(4)14-20(26)21-13-16-5-9-18(10-6-16)23(2)3/h5-12H,13-14H2,1-4H3,(H,21,26)(H,22,25). The number of amides is 2. The van der Waals surface area contributed by atoms with Crippen LogP contribution in [0.25, 0.3) is 0 Å². The molecule has 0 aliphatic rings. The van der Waals surface area contributed by atoms with E-state index in [0.717, 1.165) is 15.6 Å². The largest absolute Gasteiger partial charge is 0.378 e. The summed E-state index contributed by atoms with van der Waals surface area (Å²) in [6, 6.07) is 13.5. The molecule has 0 aromatic heterocycles. The molecule has 0 unspecified atom stereocenters. The molecule has 0 aliphatic heterocycles. The molecule has 2 aromatic carbocycles. The predicted molar refractivity (Wildman–Crippen MR) is 113 cm³/mol. The molecular weight excluding hydrogens is 392 g/mol. The highest BCUT2D eigenvalue weighted by molar-refractivity contribution is 7.89. The molecule has 0 spiro atoms. The van der Waals surface area contributed by atoms with E-state index in [1.165, 1.54) is 38.2 Å². The van der Waals surface area contributed by atoms with Crippen LogP contribution in [0.2, 0.25) is 0 Å². The van der Waals surface area contributed by atoms with Gasteiger partial charge >= 0.3 is 0 Å². The monoisotopic (exact) mass is 418 g/mol. The number of anilines is 2. The van der Waals surface area contributed by atoms with Crippen molar-refractivity contribution in [1.29, 1.82) is 0 Å². The third kappa shape index (κ3) is 6.30. The number of carbonyl (C=O) groups excluding carboxylic acids is 2. The number of nitrogens with zero attached hydrogens (tertiary/aromatic N) is 2. The van der Waals surface area contributed by atoms with Gasteiger partial charge in [-0.2, -0.15) is 4.31 Å². The molecular formula is C20H26N4O4S. The van der Waals surface area contributed by atoms with Crippen LogP contribution >= 0.6 is 0 Å². The molecule has 0 bridgehead atoms. The van der Waals surface area contributed by atoms with Crippen LogP contribution in [0.5, 0.6) is 0 Å². The second kappa shape index (κ2) is 9.53. The second-order valence-corrected chi connectivity index (χ2v) is 8.85. The fourth-order valence-corrected chi connectivity index (χ4v) is 3.68. The first kappa shape index (κ1) is 22.4. The van der Waals surface area contributed by atoms with Crippen molar-refractivity contribution in [2.45, 2.75) is 18.4 Å². The van der Waals surface area contributed by atoms with Crippen molar-refractivity contribution in [3.63, 3.8) is 0 Å². The lowest BCUT2D eigenvalue weighted by atomic mass is 10.2. The van der Waals surface area contributed by atoms with E-state index in [9.17, 15) is 18.0 Å². The summed E-state index contributed by atoms with van der Waals surface area (Å²) >= 11 is 0. The Hall–Kier alpha value is -2.91. The number of likely N-dealkylation sites (N-methyl/N-ethyl adjacent to an activating group) is 1. The molecule has 2 amide bonds. The van der Waals surface area contributed by atoms with Crippen LogP contribution in [0.4, 0.5) is 11.4 Å². The molecule has 0 aliphatic carbocycles. The normalized spacial score (nSPS) is 11.2. The minimum absolute atomic E-state index is 0.0428. The van der Waals surface area contributed by atoms with Crippen LogP contribution in [-0.4, -0.2) is 52.2 Å². The van der Waals surface area contributed by atoms with E-state index >= 15 is 0 Å². The lowest BCUT2D eigenvalue weighted by Crippen LogP contribution is -2.38. The van der Waals surface area contributed by atoms with Gasteiger partial charge in [0.25, 0.3) is 0 Å². The Morgan fingerprint density at radius 3 is 2.03 bits per heavy atom. The smallest absolute Gasteiger partial charge is 0.243 e. The van der Waals surface area contributed by atoms with E-state index in [0.29, 0.717) is 12.2 Å². The first-order valence-corrected chi connectivity index (χ1v) is 10.4. The summed E-state index contributed by atoms with van der Waals surface area (Å²) in [5.74, 6) is -0.645. The molecule has 0 saturated carbocycles. The topological polar surface area (TPSA) is 98.8 Å². The SMILES string of the molecule is CC(=O)Nc1ccc(S(=O)(=O)N(C)CC(=O)NCc2ccc(N(C)C)cc2)cc1. The summed E-state index contributed by atoms with van der Waals surface area (Å²) in [6.45, 7) is 1.38. The molecule has 29 heavy (non-hydrogen) atoms. The number of sulfonamides is 1. The lowest BCUT2D eigenvalue weighted by Gasteiger charge is -2.17. The zero-order chi connectivity index (χ0) is 21.6. The quantitative estimate of drug-likeness (QED) is 0.679. The van der Waals surface area contributed by atoms with Gasteiger partial charge in [0, 0.05) is 46.0 Å². The van der Waals surface area contributed by atoms with Crippen LogP contribution in [0.15, 0.2) is 53.4 Å². The number of benzene rings is 2. The summed E-state index contributed by atoms with van der Waals surface area (Å²) in [5, 5.41) is 5.30. The van der Waals surface area contributed by atoms with Crippen molar-refractivity contribution in [1.82, 2.24) is 9.62 Å². The van der Waals surface area contributed by atoms with E-state index in [4.69, 9.17) is 0 Å². The molecule has 2 aromatic rings. The second-order valence-electron chi connectivity index (χ2n) is 6.80. The van der Waals surface area contributed by atoms with E-state index in [2.05, 4.69) is 10.6 Å². The summed E-state index contributed by atoms with van der Waals surface area (Å²) in [4.78, 5) is 25.3. The minimum atomic E-state index is -3.82. The first-order valence-electron chi connectivity index (χ1n) is 8.96. The summed E-state index contributed by atoms with van der Waals surface area (Å²) in [5.41, 5.74) is 2.47. The zero-order valence-corrected chi connectivity index (χ0v) is 17.8. The molecule has 156 valence electrons. The van der Waals surface area contributed by atoms with Gasteiger partial charge in [-0.1, -0.05) is 12.1 Å². The Labute approximate surface area is 171 Å². The number of carbonyl (C=O) groups is 2. The average Bonchev–Trinajstić information content (AvgIpc) is 2.66. The molecule has 9 heteroatoms. The van der Waals surface area contributed by atoms with E-state index in [1.54, 1.807) is 0 Å². The molecule has 0 atom stereocenters. The lowest BCUT2D eigenvalue weighted by molar-refractivity contribution is -0.121. The third-order valence-corrected chi connectivity index (χ3v) is 6.01. The van der Waals surface area contributed by atoms with Crippen LogP contribution in [0, 0.1) is 0 Å². The van der Waals surface area contributed by atoms with Crippen LogP contribution in [-0.2, 0) is 26.2 Å². The predicted octanol–water partition coefficient (Wildman–Crippen LogP) is 1.65. The van der Waals surface area contributed by atoms with Crippen molar-refractivity contribution in [3.8, 4) is 0 Å². The summed E-state index contributed by atoms with van der Waals surface area (Å²) in [7, 11) is 1.42. The van der Waals surface area contributed by atoms with E-state index in [1.807, 2.05) is 43.3 Å². The van der Waals surface area contributed by atoms with Crippen molar-refractivity contribution in [3.05, 3.63) is 54.1 Å². The molecule has 8 nitrogen and oxygen atoms in total. The number of nitrogens with one attached hydrogen (secondary N) is 2. The van der Waals surface area contributed by atoms with Crippen molar-refractivity contribution in [2.24, 2.45) is 0 Å². The highest BCUT2D eigenvalue weighted by Gasteiger charge is 2.22. The van der Waals surface area contributed by atoms with Gasteiger partial charge in [0.15, 0.2) is 0 Å². The molecule has 0 fully saturated rings. The molecule has 0 saturated heterocycles. The van der Waals surface area contributed by atoms with Gasteiger partial charge in [-0.15, -0.1) is 0 Å². The third-order valence-electron chi connectivity index (χ3n) is 4.19. The number of rotatable bonds is 8. The Kier molecular flexibility index (Phi) is 7.35. The summed E-state index contributed by atoms with van der Waals surface area (Å²) in [6.07, 6.45) is 0. The molecule has 2 N–H and O–H groups in total. The highest BCUT2D eigenvalue weighted by Crippen LogP contribution is 2.17. The van der Waals surface area contributed by atoms with Gasteiger partial charge in [0.1, 0.15) is 0 Å². The van der Waals surface area contributed by atoms with Gasteiger partial charge in [-0.05, 0) is 42.0 Å². The van der Waals surface area contributed by atoms with E-state index in [-0.39, 0.29) is 17.3 Å². The Morgan fingerprint density at radius 1 is 0.931 bits per heavy atom. The fourth-order valence-electron chi connectivity index (χ4n) is 2.55. The van der Waals surface area contributed by atoms with Crippen LogP contribution in [0.1, 0.15) is 12.5 Å². The van der Waals surface area contributed by atoms with Crippen LogP contribution < -0.4 is 15.5 Å². The maximum absolute atomic E-state index is 12.6. The fraction of sp³-hybridized carbons (Fsp3) is 0.300. The number of hydrogen-bond donors (Lipinski definition) is 2. The van der Waals surface area contributed by atoms with Gasteiger partial charge in [0.2, 0.25) is 21.8 Å². The highest BCUT2D eigenvalue weighted by atomic mass is 32.2. The zero-order valence-electron chi connectivity index (χ0n) is 17.0. The Bertz CT molecular complexity index is 955. The average molecular weight is 419 g/mol. The van der Waals surface area contributed by atoms with Crippen molar-refractivity contribution >= 4 is 33.2 Å². The first-order chi connectivity index (χ1) is 13.6. The van der Waals surface area contributed by atoms with Gasteiger partial charge in [0.05, 0.1) is 11.4 Å². The van der Waals surface area contributed by atoms with Crippen LogP contribution in [0.3, 0.4) is 0 Å².